The highest BCUT2D eigenvalue weighted by Gasteiger charge is 2.77. The standard InChI is InChI=1S/C33H43N3O5S/c1-7-41-24-12-10-22(11-13-24)34-29(38)26-27-31(40)36(23(18-37)16-19(2)3)28(33(27)15-14-32(26,6)42-33)30(39)35-25-17-20(4)8-9-21(25)5/h8-13,17,19,23,26-28,37H,7,14-16,18H2,1-6H3,(H,34,38)(H,35,39)/t23-,26+,27+,28?,32-,33?/m1/s1. The van der Waals surface area contributed by atoms with Gasteiger partial charge in [0.2, 0.25) is 17.7 Å². The second-order valence-electron chi connectivity index (χ2n) is 12.7. The quantitative estimate of drug-likeness (QED) is 0.351. The molecule has 6 atom stereocenters. The number of amides is 3. The number of nitrogens with zero attached hydrogens (tertiary/aromatic N) is 1. The summed E-state index contributed by atoms with van der Waals surface area (Å²) in [6, 6.07) is 11.8. The predicted molar refractivity (Wildman–Crippen MR) is 167 cm³/mol. The van der Waals surface area contributed by atoms with Gasteiger partial charge in [-0.2, -0.15) is 0 Å². The largest absolute Gasteiger partial charge is 0.494 e. The van der Waals surface area contributed by atoms with E-state index in [0.29, 0.717) is 30.8 Å². The van der Waals surface area contributed by atoms with Gasteiger partial charge in [-0.1, -0.05) is 26.0 Å². The van der Waals surface area contributed by atoms with Crippen molar-refractivity contribution >= 4 is 40.9 Å². The summed E-state index contributed by atoms with van der Waals surface area (Å²) in [5.41, 5.74) is 3.30. The van der Waals surface area contributed by atoms with Crippen molar-refractivity contribution in [1.82, 2.24) is 4.90 Å². The Morgan fingerprint density at radius 3 is 2.45 bits per heavy atom. The number of hydrogen-bond acceptors (Lipinski definition) is 6. The predicted octanol–water partition coefficient (Wildman–Crippen LogP) is 5.17. The number of aliphatic hydroxyl groups is 1. The average Bonchev–Trinajstić information content (AvgIpc) is 3.51. The fourth-order valence-corrected chi connectivity index (χ4v) is 9.71. The maximum Gasteiger partial charge on any atom is 0.248 e. The molecule has 3 N–H and O–H groups in total. The summed E-state index contributed by atoms with van der Waals surface area (Å²) in [4.78, 5) is 44.4. The summed E-state index contributed by atoms with van der Waals surface area (Å²) in [5, 5.41) is 16.7. The van der Waals surface area contributed by atoms with Gasteiger partial charge in [-0.05, 0) is 94.3 Å². The van der Waals surface area contributed by atoms with Crippen LogP contribution < -0.4 is 15.4 Å². The Hall–Kier alpha value is -3.04. The first-order valence-electron chi connectivity index (χ1n) is 15.0. The monoisotopic (exact) mass is 593 g/mol. The molecule has 3 amide bonds. The zero-order valence-electron chi connectivity index (χ0n) is 25.4. The lowest BCUT2D eigenvalue weighted by Crippen LogP contribution is -2.55. The molecule has 5 rings (SSSR count). The van der Waals surface area contributed by atoms with Gasteiger partial charge in [0.05, 0.1) is 35.8 Å². The number of anilines is 2. The van der Waals surface area contributed by atoms with Crippen LogP contribution in [0.1, 0.15) is 58.1 Å². The van der Waals surface area contributed by atoms with E-state index in [1.165, 1.54) is 0 Å². The Balaban J connectivity index is 1.51. The van der Waals surface area contributed by atoms with Crippen LogP contribution in [0.2, 0.25) is 0 Å². The number of rotatable bonds is 10. The van der Waals surface area contributed by atoms with E-state index in [0.717, 1.165) is 23.3 Å². The van der Waals surface area contributed by atoms with Crippen molar-refractivity contribution in [1.29, 1.82) is 0 Å². The number of thioether (sulfide) groups is 1. The number of aryl methyl sites for hydroxylation is 2. The van der Waals surface area contributed by atoms with Gasteiger partial charge in [0.15, 0.2) is 0 Å². The Morgan fingerprint density at radius 2 is 1.81 bits per heavy atom. The maximum atomic E-state index is 14.5. The summed E-state index contributed by atoms with van der Waals surface area (Å²) in [6.45, 7) is 12.3. The highest BCUT2D eigenvalue weighted by Crippen LogP contribution is 2.71. The topological polar surface area (TPSA) is 108 Å². The Kier molecular flexibility index (Phi) is 8.38. The molecular weight excluding hydrogens is 550 g/mol. The maximum absolute atomic E-state index is 14.5. The second-order valence-corrected chi connectivity index (χ2v) is 14.6. The van der Waals surface area contributed by atoms with Crippen LogP contribution in [-0.4, -0.2) is 62.5 Å². The fourth-order valence-electron chi connectivity index (χ4n) is 7.37. The molecule has 3 saturated heterocycles. The molecule has 3 heterocycles. The van der Waals surface area contributed by atoms with Crippen LogP contribution >= 0.6 is 11.8 Å². The molecule has 42 heavy (non-hydrogen) atoms. The zero-order valence-corrected chi connectivity index (χ0v) is 26.2. The molecule has 0 aliphatic carbocycles. The van der Waals surface area contributed by atoms with E-state index in [-0.39, 0.29) is 30.2 Å². The van der Waals surface area contributed by atoms with Gasteiger partial charge in [-0.15, -0.1) is 11.8 Å². The third-order valence-electron chi connectivity index (χ3n) is 9.18. The molecule has 3 fully saturated rings. The van der Waals surface area contributed by atoms with Crippen LogP contribution in [0, 0.1) is 31.6 Å². The van der Waals surface area contributed by atoms with E-state index in [2.05, 4.69) is 17.6 Å². The number of fused-ring (bicyclic) bond motifs is 1. The van der Waals surface area contributed by atoms with E-state index in [9.17, 15) is 19.5 Å². The van der Waals surface area contributed by atoms with Gasteiger partial charge >= 0.3 is 0 Å². The molecule has 2 bridgehead atoms. The van der Waals surface area contributed by atoms with Gasteiger partial charge < -0.3 is 25.4 Å². The minimum Gasteiger partial charge on any atom is -0.494 e. The summed E-state index contributed by atoms with van der Waals surface area (Å²) < 4.78 is 4.27. The van der Waals surface area contributed by atoms with E-state index in [4.69, 9.17) is 4.74 Å². The number of benzene rings is 2. The van der Waals surface area contributed by atoms with E-state index < -0.39 is 33.4 Å². The minimum absolute atomic E-state index is 0.205. The smallest absolute Gasteiger partial charge is 0.248 e. The van der Waals surface area contributed by atoms with Crippen molar-refractivity contribution in [3.05, 3.63) is 53.6 Å². The zero-order chi connectivity index (χ0) is 30.4. The van der Waals surface area contributed by atoms with Crippen molar-refractivity contribution < 1.29 is 24.2 Å². The number of aliphatic hydroxyl groups excluding tert-OH is 1. The van der Waals surface area contributed by atoms with E-state index in [1.807, 2.05) is 65.0 Å². The third kappa shape index (κ3) is 5.19. The molecule has 2 aromatic rings. The number of carbonyl (C=O) groups excluding carboxylic acids is 3. The molecule has 2 aromatic carbocycles. The van der Waals surface area contributed by atoms with Crippen molar-refractivity contribution in [2.45, 2.75) is 82.4 Å². The molecule has 0 radical (unpaired) electrons. The number of likely N-dealkylation sites (tertiary alicyclic amines) is 1. The lowest BCUT2D eigenvalue weighted by molar-refractivity contribution is -0.142. The Morgan fingerprint density at radius 1 is 1.10 bits per heavy atom. The molecule has 3 aliphatic heterocycles. The average molecular weight is 594 g/mol. The van der Waals surface area contributed by atoms with Crippen LogP contribution in [-0.2, 0) is 14.4 Å². The minimum atomic E-state index is -0.805. The van der Waals surface area contributed by atoms with Crippen molar-refractivity contribution in [2.75, 3.05) is 23.8 Å². The first-order chi connectivity index (χ1) is 19.9. The highest BCUT2D eigenvalue weighted by molar-refractivity contribution is 8.02. The molecule has 0 aromatic heterocycles. The van der Waals surface area contributed by atoms with Gasteiger partial charge in [-0.3, -0.25) is 14.4 Å². The molecule has 9 heteroatoms. The normalized spacial score (nSPS) is 28.6. The first kappa shape index (κ1) is 30.4. The van der Waals surface area contributed by atoms with E-state index in [1.54, 1.807) is 28.8 Å². The number of carbonyl (C=O) groups is 3. The fraction of sp³-hybridized carbons (Fsp3) is 0.545. The van der Waals surface area contributed by atoms with Gasteiger partial charge in [0.1, 0.15) is 11.8 Å². The Labute approximate surface area is 253 Å². The summed E-state index contributed by atoms with van der Waals surface area (Å²) in [7, 11) is 0. The van der Waals surface area contributed by atoms with Crippen LogP contribution in [0.15, 0.2) is 42.5 Å². The first-order valence-corrected chi connectivity index (χ1v) is 15.8. The van der Waals surface area contributed by atoms with Crippen molar-refractivity contribution in [3.8, 4) is 5.75 Å². The molecule has 8 nitrogen and oxygen atoms in total. The molecule has 2 unspecified atom stereocenters. The third-order valence-corrected chi connectivity index (χ3v) is 11.2. The van der Waals surface area contributed by atoms with Crippen LogP contribution in [0.3, 0.4) is 0 Å². The number of hydrogen-bond donors (Lipinski definition) is 3. The van der Waals surface area contributed by atoms with Crippen molar-refractivity contribution in [3.63, 3.8) is 0 Å². The number of ether oxygens (including phenoxy) is 1. The summed E-state index contributed by atoms with van der Waals surface area (Å²) in [6.07, 6.45) is 1.93. The SMILES string of the molecule is CCOc1ccc(NC(=O)[C@@H]2[C@H]3C(=O)N([C@@H](CO)CC(C)C)C(C(=O)Nc4cc(C)ccc4C)C34CC[C@@]2(C)S4)cc1. The lowest BCUT2D eigenvalue weighted by atomic mass is 9.66. The highest BCUT2D eigenvalue weighted by atomic mass is 32.2. The van der Waals surface area contributed by atoms with Crippen molar-refractivity contribution in [2.24, 2.45) is 17.8 Å². The summed E-state index contributed by atoms with van der Waals surface area (Å²) in [5.74, 6) is -1.04. The Bertz CT molecular complexity index is 1360. The molecule has 226 valence electrons. The van der Waals surface area contributed by atoms with Gasteiger partial charge in [0, 0.05) is 16.1 Å². The lowest BCUT2D eigenvalue weighted by Gasteiger charge is -2.37. The molecule has 1 spiro atoms. The molecular formula is C33H43N3O5S. The van der Waals surface area contributed by atoms with Crippen LogP contribution in [0.4, 0.5) is 11.4 Å². The van der Waals surface area contributed by atoms with Gasteiger partial charge in [0.25, 0.3) is 0 Å². The summed E-state index contributed by atoms with van der Waals surface area (Å²) >= 11 is 1.63. The van der Waals surface area contributed by atoms with E-state index >= 15 is 0 Å². The number of nitrogens with one attached hydrogen (secondary N) is 2. The molecule has 0 saturated carbocycles. The molecule has 3 aliphatic rings. The second kappa shape index (κ2) is 11.6. The van der Waals surface area contributed by atoms with Gasteiger partial charge in [-0.25, -0.2) is 0 Å². The van der Waals surface area contributed by atoms with Crippen LogP contribution in [0.25, 0.3) is 0 Å². The van der Waals surface area contributed by atoms with Crippen LogP contribution in [0.5, 0.6) is 5.75 Å².